The normalized spacial score (nSPS) is 10.9. The molecule has 0 amide bonds. The van der Waals surface area contributed by atoms with Crippen molar-refractivity contribution in [2.24, 2.45) is 0 Å². The maximum atomic E-state index is 4.48. The fourth-order valence-electron chi connectivity index (χ4n) is 2.02. The summed E-state index contributed by atoms with van der Waals surface area (Å²) in [5, 5.41) is 4.39. The fourth-order valence-corrected chi connectivity index (χ4v) is 3.65. The van der Waals surface area contributed by atoms with Gasteiger partial charge in [-0.05, 0) is 41.9 Å². The molecule has 0 fully saturated rings. The summed E-state index contributed by atoms with van der Waals surface area (Å²) in [6.45, 7) is 4.71. The maximum absolute atomic E-state index is 4.48. The molecule has 0 aliphatic carbocycles. The molecule has 0 saturated heterocycles. The maximum Gasteiger partial charge on any atom is 0.139 e. The Labute approximate surface area is 129 Å². The number of halogens is 1. The molecule has 0 aromatic carbocycles. The standard InChI is InChI=1S/C14H13BrN4S/c1-8-4-3-5-10(19-8)6-16-13-11-12(15)9(2)20-14(11)18-7-17-13/h3-5,7H,6H2,1-2H3,(H,16,17,18). The van der Waals surface area contributed by atoms with Crippen LogP contribution in [0.15, 0.2) is 29.0 Å². The molecular weight excluding hydrogens is 336 g/mol. The van der Waals surface area contributed by atoms with E-state index in [4.69, 9.17) is 0 Å². The molecule has 3 heterocycles. The first kappa shape index (κ1) is 13.5. The highest BCUT2D eigenvalue weighted by Gasteiger charge is 2.12. The Balaban J connectivity index is 1.91. The van der Waals surface area contributed by atoms with Gasteiger partial charge in [0.1, 0.15) is 17.0 Å². The van der Waals surface area contributed by atoms with Crippen molar-refractivity contribution >= 4 is 43.3 Å². The molecule has 102 valence electrons. The number of aryl methyl sites for hydroxylation is 2. The lowest BCUT2D eigenvalue weighted by molar-refractivity contribution is 1.00. The first-order chi connectivity index (χ1) is 9.65. The van der Waals surface area contributed by atoms with Gasteiger partial charge in [-0.15, -0.1) is 11.3 Å². The van der Waals surface area contributed by atoms with E-state index in [1.807, 2.05) is 25.1 Å². The summed E-state index contributed by atoms with van der Waals surface area (Å²) < 4.78 is 1.07. The molecule has 0 spiro atoms. The molecule has 0 unspecified atom stereocenters. The van der Waals surface area contributed by atoms with Crippen LogP contribution < -0.4 is 5.32 Å². The molecule has 0 atom stereocenters. The zero-order chi connectivity index (χ0) is 14.1. The lowest BCUT2D eigenvalue weighted by Gasteiger charge is -2.07. The molecule has 3 aromatic heterocycles. The van der Waals surface area contributed by atoms with Gasteiger partial charge >= 0.3 is 0 Å². The van der Waals surface area contributed by atoms with Crippen LogP contribution in [0.1, 0.15) is 16.3 Å². The highest BCUT2D eigenvalue weighted by molar-refractivity contribution is 9.10. The van der Waals surface area contributed by atoms with Gasteiger partial charge in [0.15, 0.2) is 0 Å². The lowest BCUT2D eigenvalue weighted by Crippen LogP contribution is -2.04. The number of thiophene rings is 1. The first-order valence-corrected chi connectivity index (χ1v) is 7.82. The van der Waals surface area contributed by atoms with E-state index in [0.29, 0.717) is 6.54 Å². The van der Waals surface area contributed by atoms with Crippen molar-refractivity contribution in [3.8, 4) is 0 Å². The van der Waals surface area contributed by atoms with Crippen LogP contribution in [-0.4, -0.2) is 15.0 Å². The second-order valence-corrected chi connectivity index (χ2v) is 6.49. The van der Waals surface area contributed by atoms with E-state index < -0.39 is 0 Å². The number of rotatable bonds is 3. The Bertz CT molecular complexity index is 769. The Hall–Kier alpha value is -1.53. The molecule has 0 aliphatic rings. The SMILES string of the molecule is Cc1cccc(CNc2ncnc3sc(C)c(Br)c23)n1. The molecule has 6 heteroatoms. The first-order valence-electron chi connectivity index (χ1n) is 6.21. The van der Waals surface area contributed by atoms with Gasteiger partial charge < -0.3 is 5.32 Å². The minimum atomic E-state index is 0.648. The predicted octanol–water partition coefficient (Wildman–Crippen LogP) is 4.08. The van der Waals surface area contributed by atoms with Crippen molar-refractivity contribution in [2.75, 3.05) is 5.32 Å². The average Bonchev–Trinajstić information content (AvgIpc) is 2.73. The minimum Gasteiger partial charge on any atom is -0.364 e. The summed E-state index contributed by atoms with van der Waals surface area (Å²) in [6, 6.07) is 6.01. The summed E-state index contributed by atoms with van der Waals surface area (Å²) in [6.07, 6.45) is 1.59. The topological polar surface area (TPSA) is 50.7 Å². The minimum absolute atomic E-state index is 0.648. The van der Waals surface area contributed by atoms with Crippen LogP contribution in [0, 0.1) is 13.8 Å². The van der Waals surface area contributed by atoms with Gasteiger partial charge in [0.05, 0.1) is 17.6 Å². The van der Waals surface area contributed by atoms with Gasteiger partial charge in [0.25, 0.3) is 0 Å². The number of hydrogen-bond donors (Lipinski definition) is 1. The second kappa shape index (κ2) is 5.46. The number of aromatic nitrogens is 3. The van der Waals surface area contributed by atoms with E-state index in [2.05, 4.69) is 43.1 Å². The number of hydrogen-bond acceptors (Lipinski definition) is 5. The fraction of sp³-hybridized carbons (Fsp3) is 0.214. The van der Waals surface area contributed by atoms with Gasteiger partial charge in [0.2, 0.25) is 0 Å². The van der Waals surface area contributed by atoms with Crippen molar-refractivity contribution in [3.05, 3.63) is 45.3 Å². The summed E-state index contributed by atoms with van der Waals surface area (Å²) >= 11 is 5.28. The number of fused-ring (bicyclic) bond motifs is 1. The monoisotopic (exact) mass is 348 g/mol. The van der Waals surface area contributed by atoms with Gasteiger partial charge in [0, 0.05) is 15.0 Å². The Kier molecular flexibility index (Phi) is 3.67. The zero-order valence-electron chi connectivity index (χ0n) is 11.1. The quantitative estimate of drug-likeness (QED) is 0.774. The van der Waals surface area contributed by atoms with Crippen LogP contribution >= 0.6 is 27.3 Å². The lowest BCUT2D eigenvalue weighted by atomic mass is 10.3. The zero-order valence-corrected chi connectivity index (χ0v) is 13.5. The third-order valence-electron chi connectivity index (χ3n) is 2.97. The van der Waals surface area contributed by atoms with Crippen molar-refractivity contribution in [3.63, 3.8) is 0 Å². The third kappa shape index (κ3) is 2.53. The highest BCUT2D eigenvalue weighted by Crippen LogP contribution is 2.37. The van der Waals surface area contributed by atoms with E-state index in [0.717, 1.165) is 31.9 Å². The second-order valence-electron chi connectivity index (χ2n) is 4.50. The molecule has 0 bridgehead atoms. The van der Waals surface area contributed by atoms with Crippen LogP contribution in [0.3, 0.4) is 0 Å². The molecule has 3 rings (SSSR count). The van der Waals surface area contributed by atoms with Crippen molar-refractivity contribution in [1.29, 1.82) is 0 Å². The Morgan fingerprint density at radius 1 is 1.25 bits per heavy atom. The van der Waals surface area contributed by atoms with Gasteiger partial charge in [-0.3, -0.25) is 4.98 Å². The number of nitrogens with zero attached hydrogens (tertiary/aromatic N) is 3. The molecule has 0 radical (unpaired) electrons. The third-order valence-corrected chi connectivity index (χ3v) is 5.24. The van der Waals surface area contributed by atoms with E-state index in [-0.39, 0.29) is 0 Å². The Morgan fingerprint density at radius 3 is 2.90 bits per heavy atom. The molecule has 20 heavy (non-hydrogen) atoms. The van der Waals surface area contributed by atoms with Crippen molar-refractivity contribution in [1.82, 2.24) is 15.0 Å². The van der Waals surface area contributed by atoms with E-state index >= 15 is 0 Å². The van der Waals surface area contributed by atoms with Crippen LogP contribution in [0.5, 0.6) is 0 Å². The molecule has 0 saturated carbocycles. The van der Waals surface area contributed by atoms with Crippen LogP contribution in [0.4, 0.5) is 5.82 Å². The van der Waals surface area contributed by atoms with Crippen molar-refractivity contribution in [2.45, 2.75) is 20.4 Å². The van der Waals surface area contributed by atoms with E-state index in [1.54, 1.807) is 17.7 Å². The van der Waals surface area contributed by atoms with Crippen molar-refractivity contribution < 1.29 is 0 Å². The average molecular weight is 349 g/mol. The molecule has 0 aliphatic heterocycles. The summed E-state index contributed by atoms with van der Waals surface area (Å²) in [5.41, 5.74) is 2.02. The van der Waals surface area contributed by atoms with E-state index in [9.17, 15) is 0 Å². The smallest absolute Gasteiger partial charge is 0.139 e. The van der Waals surface area contributed by atoms with Gasteiger partial charge in [-0.25, -0.2) is 9.97 Å². The predicted molar refractivity (Wildman–Crippen MR) is 86.2 cm³/mol. The number of anilines is 1. The van der Waals surface area contributed by atoms with Gasteiger partial charge in [-0.1, -0.05) is 6.07 Å². The number of nitrogens with one attached hydrogen (secondary N) is 1. The number of pyridine rings is 1. The van der Waals surface area contributed by atoms with Crippen LogP contribution in [0.2, 0.25) is 0 Å². The largest absolute Gasteiger partial charge is 0.364 e. The molecular formula is C14H13BrN4S. The summed E-state index contributed by atoms with van der Waals surface area (Å²) in [5.74, 6) is 0.842. The van der Waals surface area contributed by atoms with Gasteiger partial charge in [-0.2, -0.15) is 0 Å². The van der Waals surface area contributed by atoms with Crippen LogP contribution in [0.25, 0.3) is 10.2 Å². The molecule has 1 N–H and O–H groups in total. The molecule has 3 aromatic rings. The van der Waals surface area contributed by atoms with E-state index in [1.165, 1.54) is 4.88 Å². The molecule has 4 nitrogen and oxygen atoms in total. The van der Waals surface area contributed by atoms with Crippen LogP contribution in [-0.2, 0) is 6.54 Å². The summed E-state index contributed by atoms with van der Waals surface area (Å²) in [7, 11) is 0. The summed E-state index contributed by atoms with van der Waals surface area (Å²) in [4.78, 5) is 15.3. The highest BCUT2D eigenvalue weighted by atomic mass is 79.9. The Morgan fingerprint density at radius 2 is 2.10 bits per heavy atom.